The quantitative estimate of drug-likeness (QED) is 0.638. The number of esters is 1. The highest BCUT2D eigenvalue weighted by atomic mass is 16.7. The molecule has 0 radical (unpaired) electrons. The molecular formula is C24H35NO5. The van der Waals surface area contributed by atoms with Gasteiger partial charge in [0.05, 0.1) is 11.8 Å². The van der Waals surface area contributed by atoms with Gasteiger partial charge in [-0.05, 0) is 64.7 Å². The summed E-state index contributed by atoms with van der Waals surface area (Å²) in [6.07, 6.45) is 5.40. The van der Waals surface area contributed by atoms with Crippen molar-refractivity contribution in [3.05, 3.63) is 23.8 Å². The van der Waals surface area contributed by atoms with Gasteiger partial charge in [-0.1, -0.05) is 25.3 Å². The SMILES string of the molecule is CC(Cc1ccc2c(c1)OCO2)N(C)C(=O)C1(CC(=O)OC(C)(C)C)CCCCC1. The minimum absolute atomic E-state index is 0.00434. The van der Waals surface area contributed by atoms with E-state index in [2.05, 4.69) is 0 Å². The van der Waals surface area contributed by atoms with Crippen molar-refractivity contribution in [3.8, 4) is 11.5 Å². The van der Waals surface area contributed by atoms with Crippen molar-refractivity contribution in [3.63, 3.8) is 0 Å². The average molecular weight is 418 g/mol. The van der Waals surface area contributed by atoms with Crippen molar-refractivity contribution in [2.45, 2.75) is 84.3 Å². The van der Waals surface area contributed by atoms with Crippen LogP contribution >= 0.6 is 0 Å². The summed E-state index contributed by atoms with van der Waals surface area (Å²) in [6, 6.07) is 5.90. The molecule has 6 heteroatoms. The average Bonchev–Trinajstić information content (AvgIpc) is 3.13. The number of hydrogen-bond acceptors (Lipinski definition) is 5. The number of carbonyl (C=O) groups is 2. The highest BCUT2D eigenvalue weighted by molar-refractivity contribution is 5.87. The van der Waals surface area contributed by atoms with E-state index >= 15 is 0 Å². The Hall–Kier alpha value is -2.24. The lowest BCUT2D eigenvalue weighted by Crippen LogP contribution is -2.48. The van der Waals surface area contributed by atoms with Crippen molar-refractivity contribution in [1.29, 1.82) is 0 Å². The van der Waals surface area contributed by atoms with E-state index in [1.54, 1.807) is 0 Å². The lowest BCUT2D eigenvalue weighted by Gasteiger charge is -2.40. The third-order valence-corrected chi connectivity index (χ3v) is 6.12. The summed E-state index contributed by atoms with van der Waals surface area (Å²) in [5, 5.41) is 0. The molecule has 1 amide bonds. The standard InChI is InChI=1S/C24H35NO5/c1-17(13-18-9-10-19-20(14-18)29-16-28-19)25(5)22(27)24(11-7-6-8-12-24)15-21(26)30-23(2,3)4/h9-10,14,17H,6-8,11-13,15-16H2,1-5H3. The second-order valence-corrected chi connectivity index (χ2v) is 9.76. The molecule has 0 spiro atoms. The molecule has 1 unspecified atom stereocenters. The maximum atomic E-state index is 13.6. The number of ether oxygens (including phenoxy) is 3. The lowest BCUT2D eigenvalue weighted by molar-refractivity contribution is -0.164. The maximum Gasteiger partial charge on any atom is 0.307 e. The number of hydrogen-bond donors (Lipinski definition) is 0. The Kier molecular flexibility index (Phi) is 6.63. The summed E-state index contributed by atoms with van der Waals surface area (Å²) in [5.41, 5.74) is -0.108. The van der Waals surface area contributed by atoms with E-state index in [9.17, 15) is 9.59 Å². The number of rotatable bonds is 6. The van der Waals surface area contributed by atoms with Gasteiger partial charge in [-0.3, -0.25) is 9.59 Å². The molecule has 30 heavy (non-hydrogen) atoms. The van der Waals surface area contributed by atoms with E-state index in [1.165, 1.54) is 0 Å². The van der Waals surface area contributed by atoms with Gasteiger partial charge in [0.2, 0.25) is 12.7 Å². The molecule has 1 fully saturated rings. The van der Waals surface area contributed by atoms with Crippen molar-refractivity contribution in [1.82, 2.24) is 4.90 Å². The molecule has 0 aromatic heterocycles. The molecular weight excluding hydrogens is 382 g/mol. The van der Waals surface area contributed by atoms with E-state index in [0.29, 0.717) is 6.42 Å². The van der Waals surface area contributed by atoms with Crippen LogP contribution in [-0.2, 0) is 20.7 Å². The zero-order valence-corrected chi connectivity index (χ0v) is 19.0. The largest absolute Gasteiger partial charge is 0.460 e. The molecule has 1 saturated carbocycles. The fourth-order valence-corrected chi connectivity index (χ4v) is 4.47. The monoisotopic (exact) mass is 417 g/mol. The van der Waals surface area contributed by atoms with Gasteiger partial charge >= 0.3 is 5.97 Å². The first-order chi connectivity index (χ1) is 14.1. The van der Waals surface area contributed by atoms with Gasteiger partial charge in [-0.15, -0.1) is 0 Å². The van der Waals surface area contributed by atoms with Crippen LogP contribution in [0.25, 0.3) is 0 Å². The highest BCUT2D eigenvalue weighted by Gasteiger charge is 2.44. The number of fused-ring (bicyclic) bond motifs is 1. The number of likely N-dealkylation sites (N-methyl/N-ethyl adjacent to an activating group) is 1. The Morgan fingerprint density at radius 2 is 1.80 bits per heavy atom. The van der Waals surface area contributed by atoms with Crippen molar-refractivity contribution < 1.29 is 23.8 Å². The van der Waals surface area contributed by atoms with Crippen LogP contribution in [0.2, 0.25) is 0 Å². The molecule has 1 aromatic rings. The molecule has 1 heterocycles. The van der Waals surface area contributed by atoms with Gasteiger partial charge in [-0.2, -0.15) is 0 Å². The van der Waals surface area contributed by atoms with Crippen molar-refractivity contribution in [2.24, 2.45) is 5.41 Å². The van der Waals surface area contributed by atoms with E-state index in [4.69, 9.17) is 14.2 Å². The number of carbonyl (C=O) groups excluding carboxylic acids is 2. The van der Waals surface area contributed by atoms with Crippen LogP contribution in [0.3, 0.4) is 0 Å². The van der Waals surface area contributed by atoms with Crippen LogP contribution in [0.4, 0.5) is 0 Å². The zero-order chi connectivity index (χ0) is 21.9. The Balaban J connectivity index is 1.70. The van der Waals surface area contributed by atoms with Gasteiger partial charge in [0, 0.05) is 13.1 Å². The van der Waals surface area contributed by atoms with E-state index in [-0.39, 0.29) is 31.1 Å². The van der Waals surface area contributed by atoms with Crippen molar-refractivity contribution >= 4 is 11.9 Å². The molecule has 1 aliphatic heterocycles. The molecule has 0 N–H and O–H groups in total. The molecule has 166 valence electrons. The minimum Gasteiger partial charge on any atom is -0.460 e. The van der Waals surface area contributed by atoms with Crippen LogP contribution in [0.1, 0.15) is 71.8 Å². The molecule has 0 saturated heterocycles. The topological polar surface area (TPSA) is 65.1 Å². The normalized spacial score (nSPS) is 18.6. The number of amides is 1. The first-order valence-electron chi connectivity index (χ1n) is 11.0. The van der Waals surface area contributed by atoms with Crippen LogP contribution in [0.15, 0.2) is 18.2 Å². The predicted molar refractivity (Wildman–Crippen MR) is 114 cm³/mol. The van der Waals surface area contributed by atoms with Gasteiger partial charge in [0.15, 0.2) is 11.5 Å². The second-order valence-electron chi connectivity index (χ2n) is 9.76. The lowest BCUT2D eigenvalue weighted by atomic mass is 9.70. The third-order valence-electron chi connectivity index (χ3n) is 6.12. The molecule has 0 bridgehead atoms. The Morgan fingerprint density at radius 1 is 1.13 bits per heavy atom. The van der Waals surface area contributed by atoms with Crippen LogP contribution in [-0.4, -0.2) is 42.3 Å². The number of nitrogens with zero attached hydrogens (tertiary/aromatic N) is 1. The molecule has 1 aliphatic carbocycles. The van der Waals surface area contributed by atoms with Gasteiger partial charge in [0.25, 0.3) is 0 Å². The summed E-state index contributed by atoms with van der Waals surface area (Å²) in [6.45, 7) is 7.88. The van der Waals surface area contributed by atoms with Crippen molar-refractivity contribution in [2.75, 3.05) is 13.8 Å². The van der Waals surface area contributed by atoms with Gasteiger partial charge < -0.3 is 19.1 Å². The maximum absolute atomic E-state index is 13.6. The van der Waals surface area contributed by atoms with Crippen LogP contribution < -0.4 is 9.47 Å². The summed E-state index contributed by atoms with van der Waals surface area (Å²) in [5.74, 6) is 1.28. The summed E-state index contributed by atoms with van der Waals surface area (Å²) in [4.78, 5) is 28.0. The Morgan fingerprint density at radius 3 is 2.47 bits per heavy atom. The molecule has 1 aromatic carbocycles. The minimum atomic E-state index is -0.654. The predicted octanol–water partition coefficient (Wildman–Crippen LogP) is 4.49. The van der Waals surface area contributed by atoms with E-state index < -0.39 is 11.0 Å². The summed E-state index contributed by atoms with van der Waals surface area (Å²) < 4.78 is 16.4. The first-order valence-corrected chi connectivity index (χ1v) is 11.0. The smallest absolute Gasteiger partial charge is 0.307 e. The molecule has 1 atom stereocenters. The first kappa shape index (κ1) is 22.4. The van der Waals surface area contributed by atoms with Crippen LogP contribution in [0, 0.1) is 5.41 Å². The van der Waals surface area contributed by atoms with Gasteiger partial charge in [-0.25, -0.2) is 0 Å². The van der Waals surface area contributed by atoms with E-state index in [0.717, 1.165) is 49.2 Å². The fraction of sp³-hybridized carbons (Fsp3) is 0.667. The number of benzene rings is 1. The third kappa shape index (κ3) is 5.27. The fourth-order valence-electron chi connectivity index (χ4n) is 4.47. The summed E-state index contributed by atoms with van der Waals surface area (Å²) >= 11 is 0. The Bertz CT molecular complexity index is 776. The van der Waals surface area contributed by atoms with Gasteiger partial charge in [0.1, 0.15) is 5.60 Å². The van der Waals surface area contributed by atoms with Crippen LogP contribution in [0.5, 0.6) is 11.5 Å². The highest BCUT2D eigenvalue weighted by Crippen LogP contribution is 2.42. The Labute approximate surface area is 179 Å². The second kappa shape index (κ2) is 8.86. The molecule has 3 rings (SSSR count). The molecule has 6 nitrogen and oxygen atoms in total. The molecule has 2 aliphatic rings. The summed E-state index contributed by atoms with van der Waals surface area (Å²) in [7, 11) is 1.85. The van der Waals surface area contributed by atoms with E-state index in [1.807, 2.05) is 57.8 Å². The zero-order valence-electron chi connectivity index (χ0n) is 19.0.